The predicted molar refractivity (Wildman–Crippen MR) is 88.7 cm³/mol. The third kappa shape index (κ3) is 5.16. The second-order valence-electron chi connectivity index (χ2n) is 6.36. The molecule has 0 atom stereocenters. The number of para-hydroxylation sites is 1. The van der Waals surface area contributed by atoms with Crippen LogP contribution in [-0.2, 0) is 4.79 Å². The number of anilines is 1. The quantitative estimate of drug-likeness (QED) is 0.802. The molecular weight excluding hydrogens is 260 g/mol. The summed E-state index contributed by atoms with van der Waals surface area (Å²) in [5.74, 6) is 0.476. The van der Waals surface area contributed by atoms with Crippen molar-refractivity contribution in [2.75, 3.05) is 11.9 Å². The smallest absolute Gasteiger partial charge is 0.238 e. The van der Waals surface area contributed by atoms with Crippen LogP contribution >= 0.6 is 0 Å². The molecule has 1 aromatic rings. The number of carbonyl (C=O) groups excluding carboxylic acids is 1. The predicted octanol–water partition coefficient (Wildman–Crippen LogP) is 4.06. The van der Waals surface area contributed by atoms with Gasteiger partial charge in [-0.2, -0.15) is 0 Å². The van der Waals surface area contributed by atoms with E-state index in [2.05, 4.69) is 30.5 Å². The molecule has 0 saturated heterocycles. The maximum Gasteiger partial charge on any atom is 0.238 e. The molecule has 1 saturated carbocycles. The third-order valence-electron chi connectivity index (χ3n) is 4.26. The van der Waals surface area contributed by atoms with Crippen LogP contribution < -0.4 is 10.6 Å². The summed E-state index contributed by atoms with van der Waals surface area (Å²) in [6.07, 6.45) is 7.66. The normalized spacial score (nSPS) is 16.7. The Morgan fingerprint density at radius 2 is 1.81 bits per heavy atom. The van der Waals surface area contributed by atoms with Gasteiger partial charge < -0.3 is 10.6 Å². The van der Waals surface area contributed by atoms with Crippen molar-refractivity contribution in [2.45, 2.75) is 64.3 Å². The van der Waals surface area contributed by atoms with Gasteiger partial charge >= 0.3 is 0 Å². The maximum absolute atomic E-state index is 12.1. The van der Waals surface area contributed by atoms with Gasteiger partial charge in [0.2, 0.25) is 5.91 Å². The molecule has 3 heteroatoms. The molecular formula is C18H28N2O. The Hall–Kier alpha value is -1.35. The molecule has 1 amide bonds. The first kappa shape index (κ1) is 16.0. The van der Waals surface area contributed by atoms with Gasteiger partial charge in [0.1, 0.15) is 0 Å². The summed E-state index contributed by atoms with van der Waals surface area (Å²) >= 11 is 0. The van der Waals surface area contributed by atoms with E-state index in [1.54, 1.807) is 0 Å². The van der Waals surface area contributed by atoms with Crippen LogP contribution in [0.5, 0.6) is 0 Å². The van der Waals surface area contributed by atoms with Gasteiger partial charge in [-0.3, -0.25) is 4.79 Å². The van der Waals surface area contributed by atoms with Crippen LogP contribution in [-0.4, -0.2) is 18.5 Å². The molecule has 1 fully saturated rings. The fourth-order valence-electron chi connectivity index (χ4n) is 3.03. The number of rotatable bonds is 5. The van der Waals surface area contributed by atoms with E-state index in [9.17, 15) is 4.79 Å². The van der Waals surface area contributed by atoms with Crippen molar-refractivity contribution >= 4 is 11.6 Å². The van der Waals surface area contributed by atoms with Gasteiger partial charge in [-0.05, 0) is 30.4 Å². The summed E-state index contributed by atoms with van der Waals surface area (Å²) in [7, 11) is 0. The number of hydrogen-bond donors (Lipinski definition) is 2. The van der Waals surface area contributed by atoms with Crippen molar-refractivity contribution in [1.29, 1.82) is 0 Å². The number of benzene rings is 1. The standard InChI is InChI=1S/C18H28N2O/c1-14(2)16-11-7-8-12-17(16)20-18(21)13-19-15-9-5-3-4-6-10-15/h7-8,11-12,14-15,19H,3-6,9-10,13H2,1-2H3,(H,20,21). The Labute approximate surface area is 128 Å². The van der Waals surface area contributed by atoms with Crippen LogP contribution in [0.2, 0.25) is 0 Å². The zero-order chi connectivity index (χ0) is 15.1. The maximum atomic E-state index is 12.1. The second-order valence-corrected chi connectivity index (χ2v) is 6.36. The molecule has 1 aromatic carbocycles. The summed E-state index contributed by atoms with van der Waals surface area (Å²) in [5, 5.41) is 6.46. The minimum atomic E-state index is 0.0624. The van der Waals surface area contributed by atoms with Crippen LogP contribution in [0.25, 0.3) is 0 Å². The number of nitrogens with one attached hydrogen (secondary N) is 2. The van der Waals surface area contributed by atoms with Crippen molar-refractivity contribution in [1.82, 2.24) is 5.32 Å². The monoisotopic (exact) mass is 288 g/mol. The Bertz CT molecular complexity index is 448. The zero-order valence-corrected chi connectivity index (χ0v) is 13.3. The van der Waals surface area contributed by atoms with Crippen molar-refractivity contribution in [2.24, 2.45) is 0 Å². The summed E-state index contributed by atoms with van der Waals surface area (Å²) in [6, 6.07) is 8.57. The average molecular weight is 288 g/mol. The summed E-state index contributed by atoms with van der Waals surface area (Å²) in [4.78, 5) is 12.1. The molecule has 0 heterocycles. The van der Waals surface area contributed by atoms with Crippen LogP contribution in [0.15, 0.2) is 24.3 Å². The molecule has 116 valence electrons. The molecule has 0 unspecified atom stereocenters. The molecule has 1 aliphatic rings. The minimum Gasteiger partial charge on any atom is -0.325 e. The largest absolute Gasteiger partial charge is 0.325 e. The molecule has 0 radical (unpaired) electrons. The molecule has 0 aliphatic heterocycles. The topological polar surface area (TPSA) is 41.1 Å². The molecule has 1 aliphatic carbocycles. The van der Waals surface area contributed by atoms with Gasteiger partial charge in [0.25, 0.3) is 0 Å². The highest BCUT2D eigenvalue weighted by Gasteiger charge is 2.14. The fraction of sp³-hybridized carbons (Fsp3) is 0.611. The molecule has 0 spiro atoms. The number of carbonyl (C=O) groups is 1. The zero-order valence-electron chi connectivity index (χ0n) is 13.3. The minimum absolute atomic E-state index is 0.0624. The first-order valence-electron chi connectivity index (χ1n) is 8.29. The highest BCUT2D eigenvalue weighted by molar-refractivity contribution is 5.93. The Balaban J connectivity index is 1.84. The Morgan fingerprint density at radius 1 is 1.14 bits per heavy atom. The SMILES string of the molecule is CC(C)c1ccccc1NC(=O)CNC1CCCCCC1. The van der Waals surface area contributed by atoms with Crippen molar-refractivity contribution in [3.63, 3.8) is 0 Å². The third-order valence-corrected chi connectivity index (χ3v) is 4.26. The van der Waals surface area contributed by atoms with Crippen LogP contribution in [0, 0.1) is 0 Å². The second kappa shape index (κ2) is 8.18. The van der Waals surface area contributed by atoms with Crippen molar-refractivity contribution in [3.05, 3.63) is 29.8 Å². The highest BCUT2D eigenvalue weighted by atomic mass is 16.1. The summed E-state index contributed by atoms with van der Waals surface area (Å²) < 4.78 is 0. The van der Waals surface area contributed by atoms with Gasteiger partial charge in [0.05, 0.1) is 6.54 Å². The highest BCUT2D eigenvalue weighted by Crippen LogP contribution is 2.23. The molecule has 2 rings (SSSR count). The summed E-state index contributed by atoms with van der Waals surface area (Å²) in [6.45, 7) is 4.71. The Kier molecular flexibility index (Phi) is 6.24. The van der Waals surface area contributed by atoms with E-state index in [-0.39, 0.29) is 5.91 Å². The van der Waals surface area contributed by atoms with Crippen LogP contribution in [0.3, 0.4) is 0 Å². The average Bonchev–Trinajstić information content (AvgIpc) is 2.74. The van der Waals surface area contributed by atoms with Gasteiger partial charge in [-0.15, -0.1) is 0 Å². The first-order chi connectivity index (χ1) is 10.2. The van der Waals surface area contributed by atoms with Gasteiger partial charge in [-0.1, -0.05) is 57.7 Å². The van der Waals surface area contributed by atoms with E-state index in [0.717, 1.165) is 5.69 Å². The van der Waals surface area contributed by atoms with E-state index in [1.165, 1.54) is 44.1 Å². The Morgan fingerprint density at radius 3 is 2.48 bits per heavy atom. The lowest BCUT2D eigenvalue weighted by Crippen LogP contribution is -2.36. The number of amides is 1. The van der Waals surface area contributed by atoms with Gasteiger partial charge in [0.15, 0.2) is 0 Å². The molecule has 21 heavy (non-hydrogen) atoms. The van der Waals surface area contributed by atoms with E-state index in [1.807, 2.05) is 18.2 Å². The van der Waals surface area contributed by atoms with Crippen LogP contribution in [0.4, 0.5) is 5.69 Å². The van der Waals surface area contributed by atoms with Gasteiger partial charge in [-0.25, -0.2) is 0 Å². The molecule has 3 nitrogen and oxygen atoms in total. The van der Waals surface area contributed by atoms with Gasteiger partial charge in [0, 0.05) is 11.7 Å². The lowest BCUT2D eigenvalue weighted by molar-refractivity contribution is -0.115. The van der Waals surface area contributed by atoms with Crippen LogP contribution in [0.1, 0.15) is 63.9 Å². The fourth-order valence-corrected chi connectivity index (χ4v) is 3.03. The van der Waals surface area contributed by atoms with E-state index >= 15 is 0 Å². The lowest BCUT2D eigenvalue weighted by atomic mass is 10.0. The molecule has 0 bridgehead atoms. The van der Waals surface area contributed by atoms with Crippen molar-refractivity contribution < 1.29 is 4.79 Å². The van der Waals surface area contributed by atoms with E-state index < -0.39 is 0 Å². The van der Waals surface area contributed by atoms with E-state index in [4.69, 9.17) is 0 Å². The lowest BCUT2D eigenvalue weighted by Gasteiger charge is -2.17. The first-order valence-corrected chi connectivity index (χ1v) is 8.29. The molecule has 2 N–H and O–H groups in total. The molecule has 0 aromatic heterocycles. The van der Waals surface area contributed by atoms with Crippen molar-refractivity contribution in [3.8, 4) is 0 Å². The van der Waals surface area contributed by atoms with E-state index in [0.29, 0.717) is 18.5 Å². The summed E-state index contributed by atoms with van der Waals surface area (Å²) in [5.41, 5.74) is 2.14. The number of hydrogen-bond acceptors (Lipinski definition) is 2.